The fraction of sp³-hybridized carbons (Fsp3) is 0.533. The summed E-state index contributed by atoms with van der Waals surface area (Å²) in [5, 5.41) is 0. The Hall–Kier alpha value is -1.15. The number of nitrogens with zero attached hydrogens (tertiary/aromatic N) is 2. The summed E-state index contributed by atoms with van der Waals surface area (Å²) in [5.41, 5.74) is 2.53. The van der Waals surface area contributed by atoms with Crippen molar-refractivity contribution in [2.24, 2.45) is 0 Å². The molecule has 1 aromatic heterocycles. The summed E-state index contributed by atoms with van der Waals surface area (Å²) in [5.74, 6) is 1.05. The first-order valence-electron chi connectivity index (χ1n) is 6.48. The Morgan fingerprint density at radius 1 is 1.35 bits per heavy atom. The Bertz CT molecular complexity index is 378. The van der Waals surface area contributed by atoms with Gasteiger partial charge in [-0.25, -0.2) is 0 Å². The van der Waals surface area contributed by atoms with Gasteiger partial charge in [0.2, 0.25) is 0 Å². The molecule has 92 valence electrons. The molecule has 1 aliphatic rings. The second-order valence-electron chi connectivity index (χ2n) is 5.26. The van der Waals surface area contributed by atoms with E-state index in [-0.39, 0.29) is 0 Å². The van der Waals surface area contributed by atoms with Crippen molar-refractivity contribution < 1.29 is 0 Å². The first-order valence-corrected chi connectivity index (χ1v) is 6.48. The van der Waals surface area contributed by atoms with Crippen LogP contribution in [-0.4, -0.2) is 30.0 Å². The van der Waals surface area contributed by atoms with Crippen LogP contribution in [0, 0.1) is 0 Å². The molecule has 0 amide bonds. The summed E-state index contributed by atoms with van der Waals surface area (Å²) < 4.78 is 0. The third-order valence-corrected chi connectivity index (χ3v) is 3.44. The zero-order valence-corrected chi connectivity index (χ0v) is 11.1. The smallest absolute Gasteiger partial charge is 0.0429 e. The van der Waals surface area contributed by atoms with E-state index in [4.69, 9.17) is 0 Å². The minimum absolute atomic E-state index is 0.514. The van der Waals surface area contributed by atoms with Crippen LogP contribution in [0.2, 0.25) is 0 Å². The second-order valence-corrected chi connectivity index (χ2v) is 5.26. The molecule has 0 fully saturated rings. The summed E-state index contributed by atoms with van der Waals surface area (Å²) in [6, 6.07) is 4.41. The molecule has 2 heteroatoms. The maximum atomic E-state index is 4.56. The molecular weight excluding hydrogens is 208 g/mol. The van der Waals surface area contributed by atoms with Crippen LogP contribution in [0.25, 0.3) is 0 Å². The van der Waals surface area contributed by atoms with E-state index in [2.05, 4.69) is 61.3 Å². The van der Waals surface area contributed by atoms with Gasteiger partial charge in [0.25, 0.3) is 0 Å². The number of pyridine rings is 1. The van der Waals surface area contributed by atoms with Gasteiger partial charge < -0.3 is 4.90 Å². The molecule has 0 aliphatic carbocycles. The molecule has 0 saturated heterocycles. The van der Waals surface area contributed by atoms with E-state index >= 15 is 0 Å². The van der Waals surface area contributed by atoms with Gasteiger partial charge in [0.05, 0.1) is 0 Å². The molecule has 1 unspecified atom stereocenters. The van der Waals surface area contributed by atoms with Gasteiger partial charge in [-0.05, 0) is 37.6 Å². The standard InChI is InChI=1S/C15H22N2/c1-12(2)15-7-6-14(11-16-15)13-5-4-9-17(3)10-8-13/h4-7,11-13H,8-10H2,1-3H3. The minimum Gasteiger partial charge on any atom is -0.303 e. The zero-order chi connectivity index (χ0) is 12.3. The Balaban J connectivity index is 2.11. The van der Waals surface area contributed by atoms with Gasteiger partial charge in [0.1, 0.15) is 0 Å². The Morgan fingerprint density at radius 3 is 2.82 bits per heavy atom. The lowest BCUT2D eigenvalue weighted by atomic mass is 9.96. The third kappa shape index (κ3) is 3.16. The fourth-order valence-electron chi connectivity index (χ4n) is 2.21. The van der Waals surface area contributed by atoms with Crippen molar-refractivity contribution in [2.45, 2.75) is 32.1 Å². The number of aromatic nitrogens is 1. The Morgan fingerprint density at radius 2 is 2.18 bits per heavy atom. The monoisotopic (exact) mass is 230 g/mol. The van der Waals surface area contributed by atoms with Gasteiger partial charge in [-0.15, -0.1) is 0 Å². The maximum absolute atomic E-state index is 4.56. The number of hydrogen-bond donors (Lipinski definition) is 0. The highest BCUT2D eigenvalue weighted by Crippen LogP contribution is 2.24. The number of hydrogen-bond acceptors (Lipinski definition) is 2. The van der Waals surface area contributed by atoms with Crippen LogP contribution in [0.5, 0.6) is 0 Å². The minimum atomic E-state index is 0.514. The van der Waals surface area contributed by atoms with Crippen molar-refractivity contribution in [1.82, 2.24) is 9.88 Å². The van der Waals surface area contributed by atoms with Gasteiger partial charge in [-0.3, -0.25) is 4.98 Å². The largest absolute Gasteiger partial charge is 0.303 e. The average molecular weight is 230 g/mol. The first kappa shape index (κ1) is 12.3. The van der Waals surface area contributed by atoms with Crippen LogP contribution >= 0.6 is 0 Å². The van der Waals surface area contributed by atoms with Crippen LogP contribution in [0.4, 0.5) is 0 Å². The highest BCUT2D eigenvalue weighted by molar-refractivity contribution is 5.24. The van der Waals surface area contributed by atoms with Gasteiger partial charge >= 0.3 is 0 Å². The highest BCUT2D eigenvalue weighted by atomic mass is 15.1. The van der Waals surface area contributed by atoms with E-state index in [1.165, 1.54) is 17.7 Å². The molecule has 2 rings (SSSR count). The summed E-state index contributed by atoms with van der Waals surface area (Å²) in [6.45, 7) is 6.59. The van der Waals surface area contributed by atoms with Gasteiger partial charge in [-0.1, -0.05) is 32.1 Å². The lowest BCUT2D eigenvalue weighted by Gasteiger charge is -2.15. The molecule has 0 spiro atoms. The SMILES string of the molecule is CC(C)c1ccc(C2C=CCN(C)CC2)cn1. The van der Waals surface area contributed by atoms with Crippen molar-refractivity contribution >= 4 is 0 Å². The van der Waals surface area contributed by atoms with E-state index in [0.717, 1.165) is 13.1 Å². The van der Waals surface area contributed by atoms with Gasteiger partial charge in [0.15, 0.2) is 0 Å². The molecular formula is C15H22N2. The average Bonchev–Trinajstić information content (AvgIpc) is 2.54. The first-order chi connectivity index (χ1) is 8.16. The molecule has 1 aromatic rings. The van der Waals surface area contributed by atoms with Crippen LogP contribution < -0.4 is 0 Å². The van der Waals surface area contributed by atoms with E-state index < -0.39 is 0 Å². The van der Waals surface area contributed by atoms with Gasteiger partial charge in [-0.2, -0.15) is 0 Å². The molecule has 2 nitrogen and oxygen atoms in total. The Kier molecular flexibility index (Phi) is 3.95. The summed E-state index contributed by atoms with van der Waals surface area (Å²) in [7, 11) is 2.17. The number of allylic oxidation sites excluding steroid dienone is 1. The molecule has 2 heterocycles. The maximum Gasteiger partial charge on any atom is 0.0429 e. The number of rotatable bonds is 2. The zero-order valence-electron chi connectivity index (χ0n) is 11.1. The van der Waals surface area contributed by atoms with Crippen molar-refractivity contribution in [1.29, 1.82) is 0 Å². The van der Waals surface area contributed by atoms with Crippen LogP contribution in [0.1, 0.15) is 43.4 Å². The molecule has 0 bridgehead atoms. The summed E-state index contributed by atoms with van der Waals surface area (Å²) in [6.07, 6.45) is 7.84. The van der Waals surface area contributed by atoms with Crippen LogP contribution in [0.15, 0.2) is 30.5 Å². The normalized spacial score (nSPS) is 21.8. The Labute approximate surface area is 104 Å². The molecule has 17 heavy (non-hydrogen) atoms. The summed E-state index contributed by atoms with van der Waals surface area (Å²) >= 11 is 0. The lowest BCUT2D eigenvalue weighted by Crippen LogP contribution is -2.18. The van der Waals surface area contributed by atoms with Crippen molar-refractivity contribution in [3.8, 4) is 0 Å². The van der Waals surface area contributed by atoms with Gasteiger partial charge in [0, 0.05) is 24.4 Å². The quantitative estimate of drug-likeness (QED) is 0.725. The topological polar surface area (TPSA) is 16.1 Å². The number of likely N-dealkylation sites (N-methyl/N-ethyl adjacent to an activating group) is 1. The van der Waals surface area contributed by atoms with E-state index in [1.54, 1.807) is 0 Å². The molecule has 0 N–H and O–H groups in total. The molecule has 1 atom stereocenters. The van der Waals surface area contributed by atoms with E-state index in [0.29, 0.717) is 11.8 Å². The predicted molar refractivity (Wildman–Crippen MR) is 72.3 cm³/mol. The van der Waals surface area contributed by atoms with Crippen molar-refractivity contribution in [3.05, 3.63) is 41.7 Å². The summed E-state index contributed by atoms with van der Waals surface area (Å²) in [4.78, 5) is 6.91. The molecule has 0 aromatic carbocycles. The second kappa shape index (κ2) is 5.46. The van der Waals surface area contributed by atoms with Crippen molar-refractivity contribution in [3.63, 3.8) is 0 Å². The van der Waals surface area contributed by atoms with Crippen molar-refractivity contribution in [2.75, 3.05) is 20.1 Å². The molecule has 0 saturated carbocycles. The van der Waals surface area contributed by atoms with Crippen LogP contribution in [-0.2, 0) is 0 Å². The van der Waals surface area contributed by atoms with E-state index in [1.807, 2.05) is 0 Å². The van der Waals surface area contributed by atoms with Crippen LogP contribution in [0.3, 0.4) is 0 Å². The lowest BCUT2D eigenvalue weighted by molar-refractivity contribution is 0.366. The fourth-order valence-corrected chi connectivity index (χ4v) is 2.21. The predicted octanol–water partition coefficient (Wildman–Crippen LogP) is 3.18. The highest BCUT2D eigenvalue weighted by Gasteiger charge is 2.13. The van der Waals surface area contributed by atoms with E-state index in [9.17, 15) is 0 Å². The third-order valence-electron chi connectivity index (χ3n) is 3.44. The molecule has 0 radical (unpaired) electrons. The molecule has 1 aliphatic heterocycles.